The first kappa shape index (κ1) is 26.8. The van der Waals surface area contributed by atoms with Gasteiger partial charge in [-0.05, 0) is 61.6 Å². The highest BCUT2D eigenvalue weighted by Gasteiger charge is 2.52. The zero-order chi connectivity index (χ0) is 28.8. The van der Waals surface area contributed by atoms with Gasteiger partial charge >= 0.3 is 0 Å². The number of hydrogen-bond donors (Lipinski definition) is 2. The Labute approximate surface area is 245 Å². The van der Waals surface area contributed by atoms with Crippen molar-refractivity contribution < 1.29 is 8.81 Å². The summed E-state index contributed by atoms with van der Waals surface area (Å²) in [5.41, 5.74) is 16.0. The highest BCUT2D eigenvalue weighted by Crippen LogP contribution is 2.59. The van der Waals surface area contributed by atoms with Gasteiger partial charge in [-0.15, -0.1) is 0 Å². The molecule has 2 unspecified atom stereocenters. The lowest BCUT2D eigenvalue weighted by Gasteiger charge is -2.37. The molecule has 2 aromatic heterocycles. The predicted octanol–water partition coefficient (Wildman–Crippen LogP) is 4.24. The van der Waals surface area contributed by atoms with E-state index in [0.29, 0.717) is 29.8 Å². The Morgan fingerprint density at radius 2 is 1.98 bits per heavy atom. The number of aromatic nitrogens is 2. The molecule has 9 nitrogen and oxygen atoms in total. The standard InChI is InChI=1S/C32H37FN8O/c1-20(25-18-26-23(19-36-25)30(39-31(35)37-26)38-29(34)28-3-2-16-42-28)8-11-40-12-14-41(15-13-40)27-17-22(6-7-24(27)33)32(9-10-32)21-4-5-21/h2-7,16-17,19-21,25H,8-15,18H2,1H3,(H4,34,35,37,38,39). The zero-order valence-electron chi connectivity index (χ0n) is 23.9. The fraction of sp³-hybridized carbons (Fsp3) is 0.438. The molecule has 1 saturated heterocycles. The van der Waals surface area contributed by atoms with Crippen LogP contribution < -0.4 is 16.4 Å². The van der Waals surface area contributed by atoms with Crippen LogP contribution in [0.5, 0.6) is 0 Å². The second kappa shape index (κ2) is 10.7. The van der Waals surface area contributed by atoms with Crippen LogP contribution in [0.15, 0.2) is 63.1 Å². The van der Waals surface area contributed by atoms with Gasteiger partial charge < -0.3 is 20.8 Å². The van der Waals surface area contributed by atoms with Crippen LogP contribution in [0.2, 0.25) is 0 Å². The Balaban J connectivity index is 0.945. The van der Waals surface area contributed by atoms with Crippen molar-refractivity contribution in [2.75, 3.05) is 43.4 Å². The second-order valence-corrected chi connectivity index (χ2v) is 12.1. The van der Waals surface area contributed by atoms with Gasteiger partial charge in [-0.1, -0.05) is 25.1 Å². The minimum atomic E-state index is -0.113. The van der Waals surface area contributed by atoms with E-state index in [0.717, 1.165) is 56.1 Å². The highest BCUT2D eigenvalue weighted by atomic mass is 19.1. The normalized spacial score (nSPS) is 22.3. The lowest BCUT2D eigenvalue weighted by molar-refractivity contribution is 0.233. The zero-order valence-corrected chi connectivity index (χ0v) is 23.9. The summed E-state index contributed by atoms with van der Waals surface area (Å²) in [6.07, 6.45) is 12.0. The number of furan rings is 1. The Hall–Kier alpha value is -4.05. The van der Waals surface area contributed by atoms with Gasteiger partial charge in [0.05, 0.1) is 29.2 Å². The van der Waals surface area contributed by atoms with Crippen molar-refractivity contribution in [1.29, 1.82) is 0 Å². The molecule has 1 saturated carbocycles. The number of fused-ring (bicyclic) bond motifs is 1. The quantitative estimate of drug-likeness (QED) is 0.225. The van der Waals surface area contributed by atoms with Crippen LogP contribution in [0, 0.1) is 17.7 Å². The molecule has 0 spiro atoms. The summed E-state index contributed by atoms with van der Waals surface area (Å²) in [5, 5.41) is 0. The van der Waals surface area contributed by atoms with E-state index in [1.165, 1.54) is 18.4 Å². The maximum absolute atomic E-state index is 14.9. The molecule has 2 aliphatic heterocycles. The fourth-order valence-corrected chi connectivity index (χ4v) is 6.49. The third-order valence-electron chi connectivity index (χ3n) is 9.42. The van der Waals surface area contributed by atoms with Crippen LogP contribution in [0.4, 0.5) is 21.8 Å². The summed E-state index contributed by atoms with van der Waals surface area (Å²) >= 11 is 0. The Morgan fingerprint density at radius 3 is 2.69 bits per heavy atom. The van der Waals surface area contributed by atoms with E-state index in [4.69, 9.17) is 20.9 Å². The number of allylic oxidation sites excluding steroid dienone is 2. The number of hydrogen-bond acceptors (Lipinski definition) is 8. The van der Waals surface area contributed by atoms with Crippen molar-refractivity contribution in [2.24, 2.45) is 27.6 Å². The molecular weight excluding hydrogens is 531 g/mol. The molecule has 0 amide bonds. The summed E-state index contributed by atoms with van der Waals surface area (Å²) in [6.45, 7) is 6.73. The Bertz CT molecular complexity index is 1550. The molecular formula is C32H37FN8O. The predicted molar refractivity (Wildman–Crippen MR) is 163 cm³/mol. The van der Waals surface area contributed by atoms with E-state index in [1.807, 2.05) is 6.07 Å². The molecule has 4 heterocycles. The number of nitrogen functional groups attached to an aromatic ring is 1. The molecule has 4 N–H and O–H groups in total. The first-order chi connectivity index (χ1) is 20.4. The van der Waals surface area contributed by atoms with Crippen LogP contribution >= 0.6 is 0 Å². The summed E-state index contributed by atoms with van der Waals surface area (Å²) < 4.78 is 20.2. The van der Waals surface area contributed by atoms with Crippen LogP contribution in [-0.4, -0.2) is 65.7 Å². The molecule has 3 aromatic rings. The van der Waals surface area contributed by atoms with Gasteiger partial charge in [-0.2, -0.15) is 4.98 Å². The average molecular weight is 569 g/mol. The number of amidine groups is 1. The van der Waals surface area contributed by atoms with Crippen molar-refractivity contribution in [3.8, 4) is 0 Å². The summed E-state index contributed by atoms with van der Waals surface area (Å²) in [6, 6.07) is 9.39. The molecule has 2 aliphatic carbocycles. The molecule has 7 rings (SSSR count). The number of nitrogens with two attached hydrogens (primary N) is 2. The van der Waals surface area contributed by atoms with E-state index < -0.39 is 0 Å². The number of rotatable bonds is 9. The molecule has 10 heteroatoms. The summed E-state index contributed by atoms with van der Waals surface area (Å²) in [4.78, 5) is 22.8. The topological polar surface area (TPSA) is 122 Å². The molecule has 0 bridgehead atoms. The van der Waals surface area contributed by atoms with Gasteiger partial charge in [0.25, 0.3) is 0 Å². The van der Waals surface area contributed by atoms with Gasteiger partial charge in [0.2, 0.25) is 5.95 Å². The van der Waals surface area contributed by atoms with Crippen molar-refractivity contribution in [2.45, 2.75) is 44.1 Å². The minimum absolute atomic E-state index is 0.0971. The number of anilines is 2. The monoisotopic (exact) mass is 568 g/mol. The van der Waals surface area contributed by atoms with E-state index >= 15 is 0 Å². The third-order valence-corrected chi connectivity index (χ3v) is 9.42. The lowest BCUT2D eigenvalue weighted by atomic mass is 9.89. The molecule has 4 aliphatic rings. The van der Waals surface area contributed by atoms with Crippen LogP contribution in [0.1, 0.15) is 48.8 Å². The smallest absolute Gasteiger partial charge is 0.222 e. The van der Waals surface area contributed by atoms with Crippen LogP contribution in [0.3, 0.4) is 0 Å². The van der Waals surface area contributed by atoms with Gasteiger partial charge in [0.1, 0.15) is 5.82 Å². The molecule has 0 radical (unpaired) electrons. The van der Waals surface area contributed by atoms with Gasteiger partial charge in [0, 0.05) is 50.1 Å². The first-order valence-corrected chi connectivity index (χ1v) is 14.9. The van der Waals surface area contributed by atoms with Crippen molar-refractivity contribution >= 4 is 29.5 Å². The highest BCUT2D eigenvalue weighted by molar-refractivity contribution is 5.98. The van der Waals surface area contributed by atoms with Gasteiger partial charge in [0.15, 0.2) is 17.4 Å². The number of nitrogens with zero attached hydrogens (tertiary/aromatic N) is 6. The van der Waals surface area contributed by atoms with E-state index in [-0.39, 0.29) is 29.1 Å². The minimum Gasteiger partial charge on any atom is -0.461 e. The summed E-state index contributed by atoms with van der Waals surface area (Å²) in [7, 11) is 0. The number of piperazine rings is 1. The number of benzene rings is 1. The van der Waals surface area contributed by atoms with Gasteiger partial charge in [-0.25, -0.2) is 14.4 Å². The van der Waals surface area contributed by atoms with Crippen molar-refractivity contribution in [1.82, 2.24) is 14.9 Å². The Morgan fingerprint density at radius 1 is 1.17 bits per heavy atom. The van der Waals surface area contributed by atoms with Crippen LogP contribution in [-0.2, 0) is 11.8 Å². The average Bonchev–Trinajstić information content (AvgIpc) is 3.93. The van der Waals surface area contributed by atoms with E-state index in [9.17, 15) is 4.39 Å². The molecule has 2 atom stereocenters. The summed E-state index contributed by atoms with van der Waals surface area (Å²) in [5.74, 6) is 2.07. The first-order valence-electron chi connectivity index (χ1n) is 14.9. The molecule has 42 heavy (non-hydrogen) atoms. The third kappa shape index (κ3) is 5.19. The van der Waals surface area contributed by atoms with E-state index in [2.05, 4.69) is 49.9 Å². The van der Waals surface area contributed by atoms with Crippen molar-refractivity contribution in [3.05, 3.63) is 77.1 Å². The van der Waals surface area contributed by atoms with Gasteiger partial charge in [-0.3, -0.25) is 9.89 Å². The molecule has 2 fully saturated rings. The maximum Gasteiger partial charge on any atom is 0.222 e. The van der Waals surface area contributed by atoms with E-state index in [1.54, 1.807) is 30.7 Å². The largest absolute Gasteiger partial charge is 0.461 e. The van der Waals surface area contributed by atoms with Crippen molar-refractivity contribution in [3.63, 3.8) is 0 Å². The number of halogens is 1. The SMILES string of the molecule is CC(CCN1CCN(c2cc(C3(C4C=C4)CC3)ccc2F)CC1)C1Cc2nc(N)nc(N=C(N)c3ccco3)c2C=N1. The molecule has 1 aromatic carbocycles. The molecule has 218 valence electrons. The fourth-order valence-electron chi connectivity index (χ4n) is 6.49. The number of aliphatic imine (C=N–C) groups is 2. The van der Waals surface area contributed by atoms with Crippen LogP contribution in [0.25, 0.3) is 0 Å². The second-order valence-electron chi connectivity index (χ2n) is 12.1. The Kier molecular flexibility index (Phi) is 6.80. The maximum atomic E-state index is 14.9. The lowest BCUT2D eigenvalue weighted by Crippen LogP contribution is -2.47.